The molecule has 0 atom stereocenters. The van der Waals surface area contributed by atoms with E-state index in [9.17, 15) is 9.18 Å². The van der Waals surface area contributed by atoms with Gasteiger partial charge in [-0.2, -0.15) is 0 Å². The quantitative estimate of drug-likeness (QED) is 0.457. The number of rotatable bonds is 5. The zero-order valence-electron chi connectivity index (χ0n) is 16.6. The van der Waals surface area contributed by atoms with Crippen LogP contribution in [0.2, 0.25) is 0 Å². The van der Waals surface area contributed by atoms with E-state index in [-0.39, 0.29) is 11.4 Å². The van der Waals surface area contributed by atoms with Crippen LogP contribution in [0.4, 0.5) is 10.2 Å². The molecule has 2 N–H and O–H groups in total. The molecule has 0 aliphatic rings. The number of hydrogen-bond acceptors (Lipinski definition) is 6. The van der Waals surface area contributed by atoms with Crippen molar-refractivity contribution in [2.45, 2.75) is 13.3 Å². The molecular weight excluding hydrogens is 397 g/mol. The number of nitrogens with zero attached hydrogens (tertiary/aromatic N) is 5. The van der Waals surface area contributed by atoms with Crippen LogP contribution in [-0.4, -0.2) is 36.0 Å². The molecule has 5 rings (SSSR count). The lowest BCUT2D eigenvalue weighted by molar-refractivity contribution is 0.627. The number of imidazole rings is 1. The van der Waals surface area contributed by atoms with Gasteiger partial charge in [0.25, 0.3) is 5.56 Å². The Balaban J connectivity index is 1.55. The molecule has 0 amide bonds. The van der Waals surface area contributed by atoms with E-state index in [0.717, 1.165) is 5.56 Å². The van der Waals surface area contributed by atoms with E-state index < -0.39 is 0 Å². The van der Waals surface area contributed by atoms with Gasteiger partial charge < -0.3 is 10.3 Å². The Morgan fingerprint density at radius 1 is 1.10 bits per heavy atom. The van der Waals surface area contributed by atoms with Crippen LogP contribution in [0.15, 0.2) is 59.9 Å². The van der Waals surface area contributed by atoms with E-state index >= 15 is 0 Å². The first-order valence-electron chi connectivity index (χ1n) is 9.77. The number of fused-ring (bicyclic) bond motifs is 2. The molecule has 2 aromatic carbocycles. The standard InChI is InChI=1S/C22H18FN7O/c1-13-3-2-4-16-18(13)22(31)30(15-7-5-14(23)6-8-15)17(29-16)9-10-24-20-19-21(26-11-25-19)28-12-27-20/h2-8,11-12H,9-10H2,1H3,(H2,24,25,26,27,28). The zero-order valence-corrected chi connectivity index (χ0v) is 16.6. The van der Waals surface area contributed by atoms with Crippen LogP contribution < -0.4 is 10.9 Å². The summed E-state index contributed by atoms with van der Waals surface area (Å²) in [5.74, 6) is 0.796. The molecule has 0 fully saturated rings. The van der Waals surface area contributed by atoms with E-state index in [2.05, 4.69) is 25.3 Å². The molecule has 0 aliphatic carbocycles. The highest BCUT2D eigenvalue weighted by Gasteiger charge is 2.15. The highest BCUT2D eigenvalue weighted by atomic mass is 19.1. The van der Waals surface area contributed by atoms with Gasteiger partial charge in [0, 0.05) is 13.0 Å². The average molecular weight is 415 g/mol. The van der Waals surface area contributed by atoms with Crippen LogP contribution in [-0.2, 0) is 6.42 Å². The molecule has 8 nitrogen and oxygen atoms in total. The summed E-state index contributed by atoms with van der Waals surface area (Å²) in [5, 5.41) is 3.79. The number of nitrogens with one attached hydrogen (secondary N) is 2. The molecular formula is C22H18FN7O. The maximum absolute atomic E-state index is 13.5. The second-order valence-corrected chi connectivity index (χ2v) is 7.11. The fourth-order valence-electron chi connectivity index (χ4n) is 3.65. The summed E-state index contributed by atoms with van der Waals surface area (Å²) in [6.07, 6.45) is 3.45. The van der Waals surface area contributed by atoms with Crippen molar-refractivity contribution in [1.82, 2.24) is 29.5 Å². The van der Waals surface area contributed by atoms with Crippen molar-refractivity contribution >= 4 is 27.9 Å². The Kier molecular flexibility index (Phi) is 4.62. The fraction of sp³-hybridized carbons (Fsp3) is 0.136. The van der Waals surface area contributed by atoms with Gasteiger partial charge in [0.15, 0.2) is 11.5 Å². The summed E-state index contributed by atoms with van der Waals surface area (Å²) in [6, 6.07) is 11.4. The minimum atomic E-state index is -0.364. The molecule has 0 saturated carbocycles. The lowest BCUT2D eigenvalue weighted by atomic mass is 10.1. The van der Waals surface area contributed by atoms with Crippen molar-refractivity contribution in [2.24, 2.45) is 0 Å². The third-order valence-electron chi connectivity index (χ3n) is 5.12. The number of halogens is 1. The third kappa shape index (κ3) is 3.39. The molecule has 0 saturated heterocycles. The summed E-state index contributed by atoms with van der Waals surface area (Å²) in [7, 11) is 0. The van der Waals surface area contributed by atoms with Crippen LogP contribution in [0.25, 0.3) is 27.8 Å². The number of H-pyrrole nitrogens is 1. The van der Waals surface area contributed by atoms with Crippen molar-refractivity contribution < 1.29 is 4.39 Å². The second kappa shape index (κ2) is 7.60. The molecule has 3 aromatic heterocycles. The molecule has 0 aliphatic heterocycles. The Labute approximate surface area is 175 Å². The molecule has 0 spiro atoms. The fourth-order valence-corrected chi connectivity index (χ4v) is 3.65. The molecule has 31 heavy (non-hydrogen) atoms. The van der Waals surface area contributed by atoms with Crippen molar-refractivity contribution in [3.05, 3.63) is 82.7 Å². The van der Waals surface area contributed by atoms with E-state index in [0.29, 0.717) is 52.4 Å². The Morgan fingerprint density at radius 2 is 1.94 bits per heavy atom. The van der Waals surface area contributed by atoms with Gasteiger partial charge >= 0.3 is 0 Å². The van der Waals surface area contributed by atoms with E-state index in [4.69, 9.17) is 4.98 Å². The predicted octanol–water partition coefficient (Wildman–Crippen LogP) is 3.15. The van der Waals surface area contributed by atoms with Crippen LogP contribution >= 0.6 is 0 Å². The average Bonchev–Trinajstić information content (AvgIpc) is 3.25. The zero-order chi connectivity index (χ0) is 21.4. The molecule has 0 radical (unpaired) electrons. The van der Waals surface area contributed by atoms with Crippen molar-refractivity contribution in [2.75, 3.05) is 11.9 Å². The third-order valence-corrected chi connectivity index (χ3v) is 5.12. The number of aromatic nitrogens is 6. The maximum Gasteiger partial charge on any atom is 0.266 e. The number of benzene rings is 2. The Hall–Kier alpha value is -4.14. The lowest BCUT2D eigenvalue weighted by Gasteiger charge is -2.15. The van der Waals surface area contributed by atoms with E-state index in [1.165, 1.54) is 18.5 Å². The topological polar surface area (TPSA) is 101 Å². The van der Waals surface area contributed by atoms with Crippen molar-refractivity contribution in [3.8, 4) is 5.69 Å². The highest BCUT2D eigenvalue weighted by molar-refractivity contribution is 5.82. The first-order valence-corrected chi connectivity index (χ1v) is 9.77. The first-order chi connectivity index (χ1) is 15.1. The summed E-state index contributed by atoms with van der Waals surface area (Å²) < 4.78 is 15.0. The van der Waals surface area contributed by atoms with Crippen LogP contribution in [0.5, 0.6) is 0 Å². The molecule has 9 heteroatoms. The van der Waals surface area contributed by atoms with Crippen LogP contribution in [0, 0.1) is 12.7 Å². The normalized spacial score (nSPS) is 11.3. The van der Waals surface area contributed by atoms with Gasteiger partial charge in [-0.3, -0.25) is 9.36 Å². The summed E-state index contributed by atoms with van der Waals surface area (Å²) in [6.45, 7) is 2.34. The van der Waals surface area contributed by atoms with Gasteiger partial charge in [-0.1, -0.05) is 12.1 Å². The monoisotopic (exact) mass is 415 g/mol. The summed E-state index contributed by atoms with van der Waals surface area (Å²) >= 11 is 0. The smallest absolute Gasteiger partial charge is 0.266 e. The van der Waals surface area contributed by atoms with Gasteiger partial charge in [-0.05, 0) is 42.8 Å². The van der Waals surface area contributed by atoms with Crippen LogP contribution in [0.3, 0.4) is 0 Å². The van der Waals surface area contributed by atoms with Crippen LogP contribution in [0.1, 0.15) is 11.4 Å². The van der Waals surface area contributed by atoms with Gasteiger partial charge in [0.05, 0.1) is 22.9 Å². The van der Waals surface area contributed by atoms with E-state index in [1.54, 1.807) is 23.0 Å². The van der Waals surface area contributed by atoms with Gasteiger partial charge in [-0.25, -0.2) is 24.3 Å². The van der Waals surface area contributed by atoms with Gasteiger partial charge in [-0.15, -0.1) is 0 Å². The second-order valence-electron chi connectivity index (χ2n) is 7.11. The number of hydrogen-bond donors (Lipinski definition) is 2. The maximum atomic E-state index is 13.5. The number of aromatic amines is 1. The molecule has 0 bridgehead atoms. The molecule has 0 unspecified atom stereocenters. The minimum Gasteiger partial charge on any atom is -0.368 e. The highest BCUT2D eigenvalue weighted by Crippen LogP contribution is 2.18. The minimum absolute atomic E-state index is 0.179. The summed E-state index contributed by atoms with van der Waals surface area (Å²) in [5.41, 5.74) is 3.14. The van der Waals surface area contributed by atoms with Crippen molar-refractivity contribution in [1.29, 1.82) is 0 Å². The predicted molar refractivity (Wildman–Crippen MR) is 116 cm³/mol. The number of anilines is 1. The Morgan fingerprint density at radius 3 is 2.77 bits per heavy atom. The van der Waals surface area contributed by atoms with Gasteiger partial charge in [0.2, 0.25) is 0 Å². The summed E-state index contributed by atoms with van der Waals surface area (Å²) in [4.78, 5) is 33.7. The molecule has 5 aromatic rings. The Bertz CT molecular complexity index is 1460. The molecule has 154 valence electrons. The van der Waals surface area contributed by atoms with Crippen molar-refractivity contribution in [3.63, 3.8) is 0 Å². The van der Waals surface area contributed by atoms with E-state index in [1.807, 2.05) is 25.1 Å². The first kappa shape index (κ1) is 18.9. The SMILES string of the molecule is Cc1cccc2nc(CCNc3ncnc4[nH]cnc34)n(-c3ccc(F)cc3)c(=O)c12. The number of aryl methyl sites for hydroxylation is 1. The molecule has 3 heterocycles. The van der Waals surface area contributed by atoms with Gasteiger partial charge in [0.1, 0.15) is 23.5 Å². The largest absolute Gasteiger partial charge is 0.368 e. The lowest BCUT2D eigenvalue weighted by Crippen LogP contribution is -2.26.